The summed E-state index contributed by atoms with van der Waals surface area (Å²) in [6.07, 6.45) is 5.97. The van der Waals surface area contributed by atoms with Gasteiger partial charge in [0.05, 0.1) is 12.8 Å². The maximum Gasteiger partial charge on any atom is 0.301 e. The van der Waals surface area contributed by atoms with Gasteiger partial charge in [0.15, 0.2) is 0 Å². The van der Waals surface area contributed by atoms with Crippen molar-refractivity contribution in [3.05, 3.63) is 18.7 Å². The largest absolute Gasteiger partial charge is 1.00 e. The quantitative estimate of drug-likeness (QED) is 0.478. The van der Waals surface area contributed by atoms with Crippen molar-refractivity contribution < 1.29 is 25.4 Å². The van der Waals surface area contributed by atoms with Crippen LogP contribution in [0.15, 0.2) is 18.7 Å². The van der Waals surface area contributed by atoms with Gasteiger partial charge < -0.3 is 12.4 Å². The molecule has 1 rings (SSSR count). The number of hydrogen-bond donors (Lipinski definition) is 0. The molecule has 0 spiro atoms. The number of imidazole rings is 1. The molecule has 6 heteroatoms. The van der Waals surface area contributed by atoms with Gasteiger partial charge in [-0.15, -0.1) is 3.97 Å². The van der Waals surface area contributed by atoms with Gasteiger partial charge in [-0.1, -0.05) is 0 Å². The van der Waals surface area contributed by atoms with Crippen LogP contribution in [0.3, 0.4) is 0 Å². The van der Waals surface area contributed by atoms with Gasteiger partial charge in [-0.25, -0.2) is 4.57 Å². The van der Waals surface area contributed by atoms with Crippen molar-refractivity contribution in [2.75, 3.05) is 6.26 Å². The van der Waals surface area contributed by atoms with E-state index in [1.807, 2.05) is 6.92 Å². The lowest BCUT2D eigenvalue weighted by Crippen LogP contribution is -3.00. The summed E-state index contributed by atoms with van der Waals surface area (Å²) in [5.74, 6) is 0. The number of nitrogens with zero attached hydrogens (tertiary/aromatic N) is 2. The lowest BCUT2D eigenvalue weighted by molar-refractivity contribution is -0.692. The minimum absolute atomic E-state index is 0. The Hall–Kier alpha value is -0.550. The van der Waals surface area contributed by atoms with E-state index >= 15 is 0 Å². The van der Waals surface area contributed by atoms with Crippen molar-refractivity contribution in [1.82, 2.24) is 3.97 Å². The van der Waals surface area contributed by atoms with E-state index in [9.17, 15) is 8.42 Å². The molecule has 0 fully saturated rings. The van der Waals surface area contributed by atoms with Crippen molar-refractivity contribution in [2.24, 2.45) is 0 Å². The molecule has 1 aromatic heterocycles. The first-order valence-electron chi connectivity index (χ1n) is 3.31. The van der Waals surface area contributed by atoms with Gasteiger partial charge in [-0.2, -0.15) is 8.42 Å². The lowest BCUT2D eigenvalue weighted by atomic mass is 10.7. The molecule has 0 saturated heterocycles. The van der Waals surface area contributed by atoms with Gasteiger partial charge >= 0.3 is 10.0 Å². The van der Waals surface area contributed by atoms with E-state index in [0.717, 1.165) is 6.54 Å². The van der Waals surface area contributed by atoms with E-state index in [1.165, 1.54) is 16.4 Å². The van der Waals surface area contributed by atoms with Crippen molar-refractivity contribution in [3.8, 4) is 0 Å². The van der Waals surface area contributed by atoms with Crippen LogP contribution >= 0.6 is 0 Å². The topological polar surface area (TPSA) is 43.0 Å². The third-order valence-electron chi connectivity index (χ3n) is 1.42. The predicted molar refractivity (Wildman–Crippen MR) is 40.5 cm³/mol. The van der Waals surface area contributed by atoms with Crippen molar-refractivity contribution in [1.29, 1.82) is 0 Å². The zero-order chi connectivity index (χ0) is 8.48. The van der Waals surface area contributed by atoms with Crippen LogP contribution in [0.2, 0.25) is 0 Å². The first-order valence-corrected chi connectivity index (χ1v) is 5.16. The molecule has 0 amide bonds. The second-order valence-electron chi connectivity index (χ2n) is 2.34. The average molecular weight is 211 g/mol. The van der Waals surface area contributed by atoms with Crippen LogP contribution in [0, 0.1) is 0 Å². The summed E-state index contributed by atoms with van der Waals surface area (Å²) in [7, 11) is -3.10. The molecule has 1 aromatic rings. The molecule has 12 heavy (non-hydrogen) atoms. The zero-order valence-corrected chi connectivity index (χ0v) is 8.51. The average Bonchev–Trinajstić information content (AvgIpc) is 2.32. The standard InChI is InChI=1S/C6H11N2O2S.ClH/c1-3-7-4-5-8(6-7)11(2,9)10;/h4-6H,3H2,1-2H3;1H/q+1;/p-1. The predicted octanol–water partition coefficient (Wildman–Crippen LogP) is -3.39. The minimum Gasteiger partial charge on any atom is -1.00 e. The van der Waals surface area contributed by atoms with Crippen LogP contribution in [-0.4, -0.2) is 18.6 Å². The van der Waals surface area contributed by atoms with Crippen molar-refractivity contribution in [3.63, 3.8) is 0 Å². The second kappa shape index (κ2) is 3.91. The van der Waals surface area contributed by atoms with E-state index < -0.39 is 10.0 Å². The SMILES string of the molecule is CC[n+]1ccn(S(C)(=O)=O)c1.[Cl-]. The molecule has 0 aliphatic heterocycles. The Bertz CT molecular complexity index is 344. The fourth-order valence-corrected chi connectivity index (χ4v) is 1.33. The second-order valence-corrected chi connectivity index (χ2v) is 4.22. The van der Waals surface area contributed by atoms with Gasteiger partial charge in [-0.3, -0.25) is 0 Å². The molecule has 1 heterocycles. The van der Waals surface area contributed by atoms with Gasteiger partial charge in [0, 0.05) is 0 Å². The summed E-state index contributed by atoms with van der Waals surface area (Å²) in [6, 6.07) is 0. The van der Waals surface area contributed by atoms with Crippen LogP contribution < -0.4 is 17.0 Å². The molecule has 0 aromatic carbocycles. The van der Waals surface area contributed by atoms with Gasteiger partial charge in [0.1, 0.15) is 12.4 Å². The summed E-state index contributed by atoms with van der Waals surface area (Å²) in [5.41, 5.74) is 0. The number of halogens is 1. The monoisotopic (exact) mass is 210 g/mol. The highest BCUT2D eigenvalue weighted by Crippen LogP contribution is 1.89. The van der Waals surface area contributed by atoms with Gasteiger partial charge in [-0.05, 0) is 6.92 Å². The maximum atomic E-state index is 10.9. The fourth-order valence-electron chi connectivity index (χ4n) is 0.758. The highest BCUT2D eigenvalue weighted by molar-refractivity contribution is 7.89. The third kappa shape index (κ3) is 2.49. The Balaban J connectivity index is 0.00000121. The number of rotatable bonds is 2. The smallest absolute Gasteiger partial charge is 0.301 e. The third-order valence-corrected chi connectivity index (χ3v) is 2.40. The van der Waals surface area contributed by atoms with E-state index in [0.29, 0.717) is 0 Å². The van der Waals surface area contributed by atoms with Crippen LogP contribution in [0.4, 0.5) is 0 Å². The van der Waals surface area contributed by atoms with Crippen LogP contribution in [-0.2, 0) is 16.6 Å². The molecule has 0 radical (unpaired) electrons. The minimum atomic E-state index is -3.10. The summed E-state index contributed by atoms with van der Waals surface area (Å²) in [4.78, 5) is 0. The van der Waals surface area contributed by atoms with Gasteiger partial charge in [0.2, 0.25) is 0 Å². The van der Waals surface area contributed by atoms with Gasteiger partial charge in [0.25, 0.3) is 6.33 Å². The summed E-state index contributed by atoms with van der Waals surface area (Å²) in [5, 5.41) is 0. The lowest BCUT2D eigenvalue weighted by Gasteiger charge is -1.87. The summed E-state index contributed by atoms with van der Waals surface area (Å²) < 4.78 is 24.8. The van der Waals surface area contributed by atoms with E-state index in [-0.39, 0.29) is 12.4 Å². The molecule has 70 valence electrons. The Morgan fingerprint density at radius 1 is 1.50 bits per heavy atom. The molecular weight excluding hydrogens is 200 g/mol. The molecule has 0 saturated carbocycles. The van der Waals surface area contributed by atoms with Crippen molar-refractivity contribution >= 4 is 10.0 Å². The Morgan fingerprint density at radius 2 is 2.08 bits per heavy atom. The maximum absolute atomic E-state index is 10.9. The Kier molecular flexibility index (Phi) is 3.73. The normalized spacial score (nSPS) is 10.8. The van der Waals surface area contributed by atoms with E-state index in [2.05, 4.69) is 0 Å². The molecule has 0 aliphatic rings. The highest BCUT2D eigenvalue weighted by atomic mass is 35.5. The molecule has 0 atom stereocenters. The molecule has 0 N–H and O–H groups in total. The fraction of sp³-hybridized carbons (Fsp3) is 0.500. The first-order chi connectivity index (χ1) is 5.04. The zero-order valence-electron chi connectivity index (χ0n) is 6.94. The number of aryl methyl sites for hydroxylation is 1. The molecule has 4 nitrogen and oxygen atoms in total. The van der Waals surface area contributed by atoms with Crippen LogP contribution in [0.25, 0.3) is 0 Å². The summed E-state index contributed by atoms with van der Waals surface area (Å²) >= 11 is 0. The summed E-state index contributed by atoms with van der Waals surface area (Å²) in [6.45, 7) is 2.73. The Labute approximate surface area is 78.3 Å². The highest BCUT2D eigenvalue weighted by Gasteiger charge is 2.11. The van der Waals surface area contributed by atoms with Crippen LogP contribution in [0.1, 0.15) is 6.92 Å². The number of hydrogen-bond acceptors (Lipinski definition) is 2. The van der Waals surface area contributed by atoms with E-state index in [4.69, 9.17) is 0 Å². The van der Waals surface area contributed by atoms with E-state index in [1.54, 1.807) is 17.1 Å². The molecule has 0 aliphatic carbocycles. The molecule has 0 bridgehead atoms. The van der Waals surface area contributed by atoms with Crippen LogP contribution in [0.5, 0.6) is 0 Å². The van der Waals surface area contributed by atoms with Crippen molar-refractivity contribution in [2.45, 2.75) is 13.5 Å². The molecule has 0 unspecified atom stereocenters. The Morgan fingerprint density at radius 3 is 2.33 bits per heavy atom. The number of aromatic nitrogens is 2. The molecular formula is C6H11ClN2O2S. The first kappa shape index (κ1) is 11.4.